The van der Waals surface area contributed by atoms with Crippen LogP contribution in [0.2, 0.25) is 0 Å². The largest absolute Gasteiger partial charge is 0.453 e. The molecular formula is C42H52N10O6. The number of hydrogen-bond donors (Lipinski definition) is 6. The smallest absolute Gasteiger partial charge is 0.407 e. The number of alkyl carbamates (subject to hydrolysis) is 2. The number of aromatic nitrogens is 4. The number of imidazole rings is 2. The van der Waals surface area contributed by atoms with E-state index in [1.165, 1.54) is 14.2 Å². The van der Waals surface area contributed by atoms with Gasteiger partial charge in [0.15, 0.2) is 0 Å². The van der Waals surface area contributed by atoms with E-state index < -0.39 is 24.3 Å². The van der Waals surface area contributed by atoms with Crippen molar-refractivity contribution in [3.63, 3.8) is 0 Å². The van der Waals surface area contributed by atoms with Crippen molar-refractivity contribution in [1.29, 1.82) is 0 Å². The fraction of sp³-hybridized carbons (Fsp3) is 0.429. The highest BCUT2D eigenvalue weighted by molar-refractivity contribution is 6.20. The van der Waals surface area contributed by atoms with Crippen LogP contribution in [0.3, 0.4) is 0 Å². The summed E-state index contributed by atoms with van der Waals surface area (Å²) in [5.41, 5.74) is 17.7. The first-order chi connectivity index (χ1) is 27.8. The Hall–Kier alpha value is -6.32. The van der Waals surface area contributed by atoms with E-state index in [2.05, 4.69) is 20.6 Å². The summed E-state index contributed by atoms with van der Waals surface area (Å²) < 4.78 is 9.53. The zero-order valence-electron chi connectivity index (χ0n) is 33.7. The van der Waals surface area contributed by atoms with Gasteiger partial charge in [0.25, 0.3) is 0 Å². The molecule has 4 heterocycles. The first-order valence-corrected chi connectivity index (χ1v) is 19.8. The predicted molar refractivity (Wildman–Crippen MR) is 221 cm³/mol. The standard InChI is InChI=1S/C42H52N10O6/c1-21(2)35(49-41(55)57-5)39(53)51-15-7-9-31(51)37-45-19-29(47-37)23-11-13-25-26-14-12-24(18-28(26)34(44)33(43)27(25)17-23)30-20-46-38(48-30)32-10-8-16-52(32)40(54)36(22(3)4)50-42(56)58-6/h11-14,17-22,31-32,35-36H,7-10,15-16,43-44H2,1-6H3,(H,45,47)(H,46,48)(H,49,55)(H,50,56)/t31-,32-,35-,36-/m0/s1. The number of nitrogens with one attached hydrogen (secondary N) is 4. The summed E-state index contributed by atoms with van der Waals surface area (Å²) in [6.45, 7) is 8.67. The van der Waals surface area contributed by atoms with Crippen LogP contribution in [-0.2, 0) is 19.1 Å². The maximum Gasteiger partial charge on any atom is 0.407 e. The minimum Gasteiger partial charge on any atom is -0.453 e. The van der Waals surface area contributed by atoms with Crippen molar-refractivity contribution in [2.75, 3.05) is 38.8 Å². The van der Waals surface area contributed by atoms with Gasteiger partial charge >= 0.3 is 12.2 Å². The number of ether oxygens (including phenoxy) is 2. The minimum atomic E-state index is -0.721. The number of carbonyl (C=O) groups excluding carboxylic acids is 4. The molecule has 5 aromatic rings. The first kappa shape index (κ1) is 39.9. The Bertz CT molecular complexity index is 2210. The van der Waals surface area contributed by atoms with Crippen LogP contribution in [0.25, 0.3) is 44.1 Å². The number of nitrogens with zero attached hydrogens (tertiary/aromatic N) is 4. The van der Waals surface area contributed by atoms with Crippen molar-refractivity contribution < 1.29 is 28.7 Å². The molecule has 2 fully saturated rings. The van der Waals surface area contributed by atoms with Crippen LogP contribution in [0, 0.1) is 11.8 Å². The number of fused-ring (bicyclic) bond motifs is 3. The SMILES string of the molecule is COC(=O)N[C@H](C(=O)N1CCC[C@H]1c1ncc(-c2ccc3c(c2)c(N)c(N)c2cc(-c4cnc([C@@H]5CCCN5C(=O)[C@@H](NC(=O)OC)C(C)C)[nH]4)ccc23)[nH]1)C(C)C. The summed E-state index contributed by atoms with van der Waals surface area (Å²) >= 11 is 0. The van der Waals surface area contributed by atoms with Crippen molar-refractivity contribution >= 4 is 56.9 Å². The predicted octanol–water partition coefficient (Wildman–Crippen LogP) is 6.03. The van der Waals surface area contributed by atoms with E-state index in [0.29, 0.717) is 36.1 Å². The molecule has 58 heavy (non-hydrogen) atoms. The molecule has 2 aliphatic rings. The monoisotopic (exact) mass is 792 g/mol. The lowest BCUT2D eigenvalue weighted by Crippen LogP contribution is -2.51. The molecule has 306 valence electrons. The lowest BCUT2D eigenvalue weighted by Gasteiger charge is -2.30. The minimum absolute atomic E-state index is 0.133. The van der Waals surface area contributed by atoms with Gasteiger partial charge in [-0.1, -0.05) is 52.0 Å². The Morgan fingerprint density at radius 3 is 1.43 bits per heavy atom. The molecule has 0 aliphatic carbocycles. The molecule has 7 rings (SSSR count). The van der Waals surface area contributed by atoms with Gasteiger partial charge in [-0.3, -0.25) is 9.59 Å². The third kappa shape index (κ3) is 7.45. The van der Waals surface area contributed by atoms with Crippen LogP contribution in [0.15, 0.2) is 48.8 Å². The second-order valence-electron chi connectivity index (χ2n) is 15.8. The van der Waals surface area contributed by atoms with E-state index in [-0.39, 0.29) is 35.7 Å². The number of nitrogen functional groups attached to an aromatic ring is 2. The number of nitrogens with two attached hydrogens (primary N) is 2. The molecular weight excluding hydrogens is 741 g/mol. The number of H-pyrrole nitrogens is 2. The van der Waals surface area contributed by atoms with Crippen molar-refractivity contribution in [2.24, 2.45) is 11.8 Å². The number of hydrogen-bond acceptors (Lipinski definition) is 10. The molecule has 2 aromatic heterocycles. The third-order valence-electron chi connectivity index (χ3n) is 11.5. The van der Waals surface area contributed by atoms with Crippen LogP contribution in [0.5, 0.6) is 0 Å². The van der Waals surface area contributed by atoms with E-state index in [4.69, 9.17) is 30.9 Å². The van der Waals surface area contributed by atoms with Gasteiger partial charge in [0, 0.05) is 35.0 Å². The highest BCUT2D eigenvalue weighted by Crippen LogP contribution is 2.41. The number of likely N-dealkylation sites (tertiary alicyclic amines) is 2. The molecule has 0 radical (unpaired) electrons. The number of rotatable bonds is 10. The zero-order valence-corrected chi connectivity index (χ0v) is 33.7. The van der Waals surface area contributed by atoms with Gasteiger partial charge in [0.05, 0.1) is 61.5 Å². The first-order valence-electron chi connectivity index (χ1n) is 19.8. The Morgan fingerprint density at radius 2 is 1.07 bits per heavy atom. The van der Waals surface area contributed by atoms with Crippen molar-refractivity contribution in [2.45, 2.75) is 77.5 Å². The number of carbonyl (C=O) groups is 4. The van der Waals surface area contributed by atoms with E-state index in [1.54, 1.807) is 22.2 Å². The lowest BCUT2D eigenvalue weighted by molar-refractivity contribution is -0.136. The molecule has 3 aromatic carbocycles. The molecule has 0 unspecified atom stereocenters. The van der Waals surface area contributed by atoms with Crippen LogP contribution in [-0.4, -0.2) is 93.1 Å². The number of methoxy groups -OCH3 is 2. The Labute approximate surface area is 336 Å². The van der Waals surface area contributed by atoms with E-state index in [0.717, 1.165) is 69.7 Å². The highest BCUT2D eigenvalue weighted by atomic mass is 16.5. The van der Waals surface area contributed by atoms with Crippen molar-refractivity contribution in [3.05, 3.63) is 60.4 Å². The van der Waals surface area contributed by atoms with Gasteiger partial charge in [0.1, 0.15) is 23.7 Å². The molecule has 2 saturated heterocycles. The van der Waals surface area contributed by atoms with Crippen LogP contribution in [0.1, 0.15) is 77.1 Å². The molecule has 16 nitrogen and oxygen atoms in total. The molecule has 4 atom stereocenters. The quantitative estimate of drug-likeness (QED) is 0.0547. The molecule has 4 amide bonds. The van der Waals surface area contributed by atoms with Crippen molar-refractivity contribution in [3.8, 4) is 22.5 Å². The Kier molecular flexibility index (Phi) is 11.2. The van der Waals surface area contributed by atoms with Crippen LogP contribution in [0.4, 0.5) is 21.0 Å². The van der Waals surface area contributed by atoms with Crippen LogP contribution < -0.4 is 22.1 Å². The Morgan fingerprint density at radius 1 is 0.672 bits per heavy atom. The van der Waals surface area contributed by atoms with Gasteiger partial charge in [-0.2, -0.15) is 0 Å². The maximum atomic E-state index is 13.6. The topological polar surface area (TPSA) is 227 Å². The zero-order chi connectivity index (χ0) is 41.4. The van der Waals surface area contributed by atoms with E-state index in [1.807, 2.05) is 64.1 Å². The van der Waals surface area contributed by atoms with Crippen LogP contribution >= 0.6 is 0 Å². The number of aromatic amines is 2. The normalized spacial score (nSPS) is 17.9. The molecule has 0 saturated carbocycles. The Balaban J connectivity index is 1.13. The molecule has 2 aliphatic heterocycles. The number of anilines is 2. The second kappa shape index (κ2) is 16.3. The van der Waals surface area contributed by atoms with E-state index in [9.17, 15) is 19.2 Å². The summed E-state index contributed by atoms with van der Waals surface area (Å²) in [6.07, 6.45) is 5.35. The van der Waals surface area contributed by atoms with Crippen molar-refractivity contribution in [1.82, 2.24) is 40.4 Å². The summed E-state index contributed by atoms with van der Waals surface area (Å²) in [5, 5.41) is 8.86. The van der Waals surface area contributed by atoms with Gasteiger partial charge < -0.3 is 51.3 Å². The fourth-order valence-electron chi connectivity index (χ4n) is 8.32. The summed E-state index contributed by atoms with van der Waals surface area (Å²) in [7, 11) is 2.56. The summed E-state index contributed by atoms with van der Waals surface area (Å²) in [4.78, 5) is 71.2. The van der Waals surface area contributed by atoms with E-state index >= 15 is 0 Å². The van der Waals surface area contributed by atoms with Gasteiger partial charge in [-0.15, -0.1) is 0 Å². The average molecular weight is 793 g/mol. The molecule has 0 spiro atoms. The highest BCUT2D eigenvalue weighted by Gasteiger charge is 2.39. The number of benzene rings is 3. The molecule has 8 N–H and O–H groups in total. The van der Waals surface area contributed by atoms with Gasteiger partial charge in [-0.05, 0) is 60.4 Å². The third-order valence-corrected chi connectivity index (χ3v) is 11.5. The number of amides is 4. The lowest BCUT2D eigenvalue weighted by atomic mass is 9.95. The second-order valence-corrected chi connectivity index (χ2v) is 15.8. The van der Waals surface area contributed by atoms with Gasteiger partial charge in [-0.25, -0.2) is 19.6 Å². The molecule has 16 heteroatoms. The summed E-state index contributed by atoms with van der Waals surface area (Å²) in [5.74, 6) is 0.735. The fourth-order valence-corrected chi connectivity index (χ4v) is 8.32. The van der Waals surface area contributed by atoms with Gasteiger partial charge in [0.2, 0.25) is 11.8 Å². The average Bonchev–Trinajstić information content (AvgIpc) is 4.06. The maximum absolute atomic E-state index is 13.6. The summed E-state index contributed by atoms with van der Waals surface area (Å²) in [6, 6.07) is 10.1. The molecule has 0 bridgehead atoms.